The molecule has 9 heteroatoms. The zero-order valence-electron chi connectivity index (χ0n) is 8.92. The first-order valence-corrected chi connectivity index (χ1v) is 5.05. The van der Waals surface area contributed by atoms with Gasteiger partial charge in [-0.2, -0.15) is 4.39 Å². The standard InChI is InChI=1S/C9H10F2N2O5/c10-3-1-13(9(17)12-7(3)16)8-5(11)6(15)4(2-14)18-8/h1,4-6,8,14-15H,2H2,(H,12,16,17)/t4-,5+,6-,8-/m1/s1/i11-1. The molecule has 7 nitrogen and oxygen atoms in total. The van der Waals surface area contributed by atoms with Crippen LogP contribution in [0.15, 0.2) is 15.8 Å². The summed E-state index contributed by atoms with van der Waals surface area (Å²) in [5, 5.41) is 18.2. The predicted molar refractivity (Wildman–Crippen MR) is 53.2 cm³/mol. The van der Waals surface area contributed by atoms with Crippen LogP contribution in [0.5, 0.6) is 0 Å². The Balaban J connectivity index is 2.42. The zero-order valence-corrected chi connectivity index (χ0v) is 8.92. The molecule has 1 aliphatic rings. The van der Waals surface area contributed by atoms with Crippen LogP contribution in [0.1, 0.15) is 6.23 Å². The summed E-state index contributed by atoms with van der Waals surface area (Å²) in [5.74, 6) is -1.28. The zero-order chi connectivity index (χ0) is 13.4. The molecular formula is C9H10F2N2O5. The number of aromatic nitrogens is 2. The van der Waals surface area contributed by atoms with Gasteiger partial charge in [-0.25, -0.2) is 9.18 Å². The summed E-state index contributed by atoms with van der Waals surface area (Å²) in [7, 11) is 0. The largest absolute Gasteiger partial charge is 0.394 e. The Morgan fingerprint density at radius 2 is 2.17 bits per heavy atom. The van der Waals surface area contributed by atoms with E-state index in [-0.39, 0.29) is 0 Å². The molecule has 0 bridgehead atoms. The molecule has 1 fully saturated rings. The normalized spacial score (nSPS) is 31.8. The lowest BCUT2D eigenvalue weighted by Crippen LogP contribution is -2.37. The molecule has 2 rings (SSSR count). The molecule has 0 aromatic carbocycles. The number of ether oxygens (including phenoxy) is 1. The average molecular weight is 263 g/mol. The summed E-state index contributed by atoms with van der Waals surface area (Å²) in [6.07, 6.45) is -5.99. The van der Waals surface area contributed by atoms with Gasteiger partial charge in [-0.05, 0) is 0 Å². The minimum atomic E-state index is -2.02. The minimum absolute atomic E-state index is 0.486. The maximum atomic E-state index is 13.7. The predicted octanol–water partition coefficient (Wildman–Crippen LogP) is -1.74. The quantitative estimate of drug-likeness (QED) is 0.588. The molecule has 18 heavy (non-hydrogen) atoms. The Morgan fingerprint density at radius 1 is 1.50 bits per heavy atom. The van der Waals surface area contributed by atoms with Crippen LogP contribution in [0.4, 0.5) is 8.78 Å². The second kappa shape index (κ2) is 4.59. The molecule has 0 unspecified atom stereocenters. The highest BCUT2D eigenvalue weighted by molar-refractivity contribution is 4.94. The number of nitrogens with one attached hydrogen (secondary N) is 1. The monoisotopic (exact) mass is 263 g/mol. The fourth-order valence-corrected chi connectivity index (χ4v) is 1.73. The summed E-state index contributed by atoms with van der Waals surface area (Å²) >= 11 is 0. The molecule has 1 aromatic rings. The summed E-state index contributed by atoms with van der Waals surface area (Å²) in [5.41, 5.74) is -2.30. The van der Waals surface area contributed by atoms with E-state index in [1.54, 1.807) is 4.98 Å². The Hall–Kier alpha value is -1.58. The van der Waals surface area contributed by atoms with Crippen molar-refractivity contribution in [3.05, 3.63) is 32.9 Å². The van der Waals surface area contributed by atoms with E-state index in [1.807, 2.05) is 0 Å². The number of halogens is 2. The molecule has 0 spiro atoms. The number of rotatable bonds is 2. The first kappa shape index (κ1) is 12.9. The van der Waals surface area contributed by atoms with Crippen LogP contribution in [0.2, 0.25) is 0 Å². The maximum Gasteiger partial charge on any atom is 0.330 e. The van der Waals surface area contributed by atoms with Crippen molar-refractivity contribution in [2.45, 2.75) is 24.6 Å². The molecule has 0 radical (unpaired) electrons. The lowest BCUT2D eigenvalue weighted by Gasteiger charge is -2.15. The van der Waals surface area contributed by atoms with E-state index >= 15 is 0 Å². The number of aliphatic hydroxyl groups excluding tert-OH is 2. The number of hydrogen-bond acceptors (Lipinski definition) is 5. The molecule has 4 atom stereocenters. The highest BCUT2D eigenvalue weighted by atomic mass is 19.1. The van der Waals surface area contributed by atoms with Crippen LogP contribution < -0.4 is 11.2 Å². The van der Waals surface area contributed by atoms with Crippen molar-refractivity contribution in [2.75, 3.05) is 6.61 Å². The maximum absolute atomic E-state index is 13.7. The molecule has 1 aliphatic heterocycles. The van der Waals surface area contributed by atoms with Crippen molar-refractivity contribution in [3.8, 4) is 0 Å². The van der Waals surface area contributed by atoms with E-state index in [2.05, 4.69) is 0 Å². The van der Waals surface area contributed by atoms with Crippen LogP contribution in [0.3, 0.4) is 0 Å². The molecule has 3 N–H and O–H groups in total. The molecular weight excluding hydrogens is 253 g/mol. The van der Waals surface area contributed by atoms with Gasteiger partial charge < -0.3 is 14.9 Å². The highest BCUT2D eigenvalue weighted by Crippen LogP contribution is 2.30. The van der Waals surface area contributed by atoms with Gasteiger partial charge in [0.2, 0.25) is 5.82 Å². The van der Waals surface area contributed by atoms with E-state index in [0.717, 1.165) is 0 Å². The fraction of sp³-hybridized carbons (Fsp3) is 0.556. The number of aliphatic hydroxyl groups is 2. The first-order chi connectivity index (χ1) is 8.45. The van der Waals surface area contributed by atoms with E-state index in [0.29, 0.717) is 10.8 Å². The molecule has 100 valence electrons. The Kier molecular flexibility index (Phi) is 3.28. The van der Waals surface area contributed by atoms with Crippen molar-refractivity contribution in [2.24, 2.45) is 0 Å². The summed E-state index contributed by atoms with van der Waals surface area (Å²) in [6.45, 7) is -0.654. The van der Waals surface area contributed by atoms with E-state index < -0.39 is 48.3 Å². The van der Waals surface area contributed by atoms with Crippen LogP contribution in [-0.4, -0.2) is 44.8 Å². The topological polar surface area (TPSA) is 105 Å². The van der Waals surface area contributed by atoms with Crippen LogP contribution >= 0.6 is 0 Å². The Morgan fingerprint density at radius 3 is 2.72 bits per heavy atom. The third-order valence-corrected chi connectivity index (χ3v) is 2.67. The van der Waals surface area contributed by atoms with Crippen molar-refractivity contribution < 1.29 is 23.7 Å². The number of nitrogens with zero attached hydrogens (tertiary/aromatic N) is 1. The van der Waals surface area contributed by atoms with E-state index in [4.69, 9.17) is 9.84 Å². The van der Waals surface area contributed by atoms with Gasteiger partial charge in [0.1, 0.15) is 12.2 Å². The SMILES string of the molecule is O=c1[nH]c(=O)n([C@@H]2O[C@H](CO)[C@@H](O)[C@@H]2[18F])cc1F. The van der Waals surface area contributed by atoms with Crippen molar-refractivity contribution >= 4 is 0 Å². The van der Waals surface area contributed by atoms with Crippen molar-refractivity contribution in [3.63, 3.8) is 0 Å². The molecule has 2 heterocycles. The van der Waals surface area contributed by atoms with Gasteiger partial charge in [-0.1, -0.05) is 0 Å². The number of hydrogen-bond donors (Lipinski definition) is 3. The van der Waals surface area contributed by atoms with Gasteiger partial charge in [0.05, 0.1) is 12.8 Å². The number of alkyl halides is 1. The second-order valence-corrected chi connectivity index (χ2v) is 3.83. The third kappa shape index (κ3) is 1.96. The van der Waals surface area contributed by atoms with Gasteiger partial charge in [0.25, 0.3) is 5.56 Å². The minimum Gasteiger partial charge on any atom is -0.394 e. The van der Waals surface area contributed by atoms with Crippen LogP contribution in [0.25, 0.3) is 0 Å². The number of aromatic amines is 1. The van der Waals surface area contributed by atoms with Crippen LogP contribution in [-0.2, 0) is 4.74 Å². The Labute approximate surface area is 98.3 Å². The lowest BCUT2D eigenvalue weighted by molar-refractivity contribution is -0.0495. The molecule has 0 amide bonds. The second-order valence-electron chi connectivity index (χ2n) is 3.83. The summed E-state index contributed by atoms with van der Waals surface area (Å²) < 4.78 is 32.1. The first-order valence-electron chi connectivity index (χ1n) is 5.05. The molecule has 0 aliphatic carbocycles. The Bertz CT molecular complexity index is 557. The fourth-order valence-electron chi connectivity index (χ4n) is 1.73. The van der Waals surface area contributed by atoms with Crippen LogP contribution in [0, 0.1) is 5.82 Å². The number of H-pyrrole nitrogens is 1. The average Bonchev–Trinajstić information content (AvgIpc) is 2.61. The van der Waals surface area contributed by atoms with Gasteiger partial charge >= 0.3 is 5.69 Å². The van der Waals surface area contributed by atoms with Gasteiger partial charge in [0, 0.05) is 0 Å². The molecule has 1 aromatic heterocycles. The van der Waals surface area contributed by atoms with Gasteiger partial charge in [-0.15, -0.1) is 0 Å². The van der Waals surface area contributed by atoms with E-state index in [9.17, 15) is 23.5 Å². The third-order valence-electron chi connectivity index (χ3n) is 2.67. The molecule has 0 saturated carbocycles. The molecule has 1 saturated heterocycles. The lowest BCUT2D eigenvalue weighted by atomic mass is 10.1. The highest BCUT2D eigenvalue weighted by Gasteiger charge is 2.45. The summed E-state index contributed by atoms with van der Waals surface area (Å²) in [6, 6.07) is 0. The summed E-state index contributed by atoms with van der Waals surface area (Å²) in [4.78, 5) is 23.8. The smallest absolute Gasteiger partial charge is 0.330 e. The van der Waals surface area contributed by atoms with Gasteiger partial charge in [0.15, 0.2) is 12.4 Å². The van der Waals surface area contributed by atoms with E-state index in [1.165, 1.54) is 0 Å². The van der Waals surface area contributed by atoms with Gasteiger partial charge in [-0.3, -0.25) is 14.3 Å². The van der Waals surface area contributed by atoms with Crippen molar-refractivity contribution in [1.29, 1.82) is 0 Å². The van der Waals surface area contributed by atoms with Crippen molar-refractivity contribution in [1.82, 2.24) is 9.55 Å².